The Hall–Kier alpha value is -1.19. The quantitative estimate of drug-likeness (QED) is 0.857. The van der Waals surface area contributed by atoms with Gasteiger partial charge in [-0.2, -0.15) is 0 Å². The van der Waals surface area contributed by atoms with Gasteiger partial charge in [-0.15, -0.1) is 0 Å². The first kappa shape index (κ1) is 14.2. The monoisotopic (exact) mass is 321 g/mol. The summed E-state index contributed by atoms with van der Waals surface area (Å²) in [5.41, 5.74) is 3.42. The fraction of sp³-hybridized carbons (Fsp3) is 0.250. The highest BCUT2D eigenvalue weighted by Gasteiger charge is 2.07. The van der Waals surface area contributed by atoms with Crippen molar-refractivity contribution in [1.82, 2.24) is 5.32 Å². The second-order valence-corrected chi connectivity index (χ2v) is 5.61. The zero-order valence-corrected chi connectivity index (χ0v) is 12.7. The van der Waals surface area contributed by atoms with Gasteiger partial charge in [0.1, 0.15) is 5.82 Å². The molecule has 1 N–H and O–H groups in total. The van der Waals surface area contributed by atoms with Crippen LogP contribution >= 0.6 is 15.9 Å². The average molecular weight is 322 g/mol. The fourth-order valence-corrected chi connectivity index (χ4v) is 2.39. The summed E-state index contributed by atoms with van der Waals surface area (Å²) in [5.74, 6) is -0.205. The van der Waals surface area contributed by atoms with Crippen molar-refractivity contribution in [2.45, 2.75) is 26.4 Å². The van der Waals surface area contributed by atoms with Crippen LogP contribution in [-0.4, -0.2) is 0 Å². The van der Waals surface area contributed by atoms with E-state index in [4.69, 9.17) is 0 Å². The van der Waals surface area contributed by atoms with Crippen molar-refractivity contribution in [1.29, 1.82) is 0 Å². The molecule has 0 aromatic heterocycles. The standard InChI is InChI=1S/C16H17BrFN/c1-11-4-3-5-13(8-11)12(2)19-10-14-9-15(18)6-7-16(14)17/h3-9,12,19H,10H2,1-2H3. The third-order valence-corrected chi connectivity index (χ3v) is 3.92. The molecule has 0 saturated heterocycles. The number of aryl methyl sites for hydroxylation is 1. The molecule has 100 valence electrons. The highest BCUT2D eigenvalue weighted by atomic mass is 79.9. The predicted molar refractivity (Wildman–Crippen MR) is 80.5 cm³/mol. The van der Waals surface area contributed by atoms with Crippen LogP contribution in [0.5, 0.6) is 0 Å². The maximum absolute atomic E-state index is 13.2. The van der Waals surface area contributed by atoms with Gasteiger partial charge in [0.05, 0.1) is 0 Å². The van der Waals surface area contributed by atoms with Gasteiger partial charge in [-0.25, -0.2) is 4.39 Å². The lowest BCUT2D eigenvalue weighted by molar-refractivity contribution is 0.568. The Bertz CT molecular complexity index is 568. The number of hydrogen-bond donors (Lipinski definition) is 1. The Morgan fingerprint density at radius 2 is 2.00 bits per heavy atom. The molecule has 2 rings (SSSR count). The molecule has 0 saturated carbocycles. The van der Waals surface area contributed by atoms with Crippen LogP contribution in [-0.2, 0) is 6.54 Å². The molecule has 3 heteroatoms. The van der Waals surface area contributed by atoms with E-state index in [0.717, 1.165) is 10.0 Å². The lowest BCUT2D eigenvalue weighted by atomic mass is 10.1. The molecule has 0 aliphatic rings. The summed E-state index contributed by atoms with van der Waals surface area (Å²) in [5, 5.41) is 3.41. The van der Waals surface area contributed by atoms with Gasteiger partial charge >= 0.3 is 0 Å². The summed E-state index contributed by atoms with van der Waals surface area (Å²) in [7, 11) is 0. The summed E-state index contributed by atoms with van der Waals surface area (Å²) in [4.78, 5) is 0. The molecule has 19 heavy (non-hydrogen) atoms. The van der Waals surface area contributed by atoms with E-state index in [0.29, 0.717) is 6.54 Å². The van der Waals surface area contributed by atoms with Crippen LogP contribution in [0.3, 0.4) is 0 Å². The molecule has 1 nitrogen and oxygen atoms in total. The van der Waals surface area contributed by atoms with Crippen molar-refractivity contribution in [2.75, 3.05) is 0 Å². The zero-order valence-electron chi connectivity index (χ0n) is 11.1. The molecule has 0 spiro atoms. The van der Waals surface area contributed by atoms with Gasteiger partial charge in [0.25, 0.3) is 0 Å². The first-order chi connectivity index (χ1) is 9.06. The van der Waals surface area contributed by atoms with Crippen molar-refractivity contribution >= 4 is 15.9 Å². The molecule has 0 radical (unpaired) electrons. The predicted octanol–water partition coefficient (Wildman–Crippen LogP) is 4.75. The van der Waals surface area contributed by atoms with Crippen LogP contribution in [0.25, 0.3) is 0 Å². The van der Waals surface area contributed by atoms with E-state index >= 15 is 0 Å². The second kappa shape index (κ2) is 6.31. The maximum Gasteiger partial charge on any atom is 0.123 e. The number of nitrogens with one attached hydrogen (secondary N) is 1. The summed E-state index contributed by atoms with van der Waals surface area (Å²) in [6, 6.07) is 13.4. The lowest BCUT2D eigenvalue weighted by Gasteiger charge is -2.15. The molecule has 0 amide bonds. The molecular weight excluding hydrogens is 305 g/mol. The zero-order chi connectivity index (χ0) is 13.8. The summed E-state index contributed by atoms with van der Waals surface area (Å²) in [6.45, 7) is 4.83. The second-order valence-electron chi connectivity index (χ2n) is 4.75. The van der Waals surface area contributed by atoms with Crippen LogP contribution in [0.4, 0.5) is 4.39 Å². The maximum atomic E-state index is 13.2. The van der Waals surface area contributed by atoms with Crippen LogP contribution in [0.2, 0.25) is 0 Å². The average Bonchev–Trinajstić information content (AvgIpc) is 2.39. The third-order valence-electron chi connectivity index (χ3n) is 3.15. The highest BCUT2D eigenvalue weighted by Crippen LogP contribution is 2.20. The normalized spacial score (nSPS) is 12.4. The molecule has 0 heterocycles. The highest BCUT2D eigenvalue weighted by molar-refractivity contribution is 9.10. The van der Waals surface area contributed by atoms with Gasteiger partial charge in [-0.3, -0.25) is 0 Å². The number of hydrogen-bond acceptors (Lipinski definition) is 1. The van der Waals surface area contributed by atoms with Crippen LogP contribution in [0.15, 0.2) is 46.9 Å². The molecule has 2 aromatic carbocycles. The summed E-state index contributed by atoms with van der Waals surface area (Å²) in [6.07, 6.45) is 0. The van der Waals surface area contributed by atoms with E-state index in [9.17, 15) is 4.39 Å². The Labute approximate surface area is 122 Å². The van der Waals surface area contributed by atoms with Gasteiger partial charge in [0.2, 0.25) is 0 Å². The van der Waals surface area contributed by atoms with Crippen molar-refractivity contribution in [3.05, 3.63) is 69.4 Å². The molecule has 1 unspecified atom stereocenters. The molecule has 0 aliphatic heterocycles. The van der Waals surface area contributed by atoms with E-state index in [-0.39, 0.29) is 11.9 Å². The first-order valence-electron chi connectivity index (χ1n) is 6.30. The van der Waals surface area contributed by atoms with Gasteiger partial charge < -0.3 is 5.32 Å². The number of rotatable bonds is 4. The molecule has 0 aliphatic carbocycles. The Morgan fingerprint density at radius 3 is 2.74 bits per heavy atom. The van der Waals surface area contributed by atoms with E-state index in [2.05, 4.69) is 59.4 Å². The van der Waals surface area contributed by atoms with Crippen molar-refractivity contribution in [3.63, 3.8) is 0 Å². The molecule has 0 fully saturated rings. The van der Waals surface area contributed by atoms with Gasteiger partial charge in [0, 0.05) is 17.1 Å². The van der Waals surface area contributed by atoms with Gasteiger partial charge in [0.15, 0.2) is 0 Å². The van der Waals surface area contributed by atoms with Gasteiger partial charge in [-0.05, 0) is 43.2 Å². The number of halogens is 2. The Morgan fingerprint density at radius 1 is 1.21 bits per heavy atom. The fourth-order valence-electron chi connectivity index (χ4n) is 2.00. The van der Waals surface area contributed by atoms with Crippen LogP contribution in [0, 0.1) is 12.7 Å². The lowest BCUT2D eigenvalue weighted by Crippen LogP contribution is -2.18. The van der Waals surface area contributed by atoms with E-state index < -0.39 is 0 Å². The van der Waals surface area contributed by atoms with E-state index in [1.165, 1.54) is 17.2 Å². The largest absolute Gasteiger partial charge is 0.306 e. The van der Waals surface area contributed by atoms with Crippen molar-refractivity contribution < 1.29 is 4.39 Å². The first-order valence-corrected chi connectivity index (χ1v) is 7.09. The molecular formula is C16H17BrFN. The molecule has 0 bridgehead atoms. The molecule has 2 aromatic rings. The van der Waals surface area contributed by atoms with E-state index in [1.54, 1.807) is 12.1 Å². The number of benzene rings is 2. The van der Waals surface area contributed by atoms with Crippen LogP contribution < -0.4 is 5.32 Å². The third kappa shape index (κ3) is 3.88. The minimum atomic E-state index is -0.205. The van der Waals surface area contributed by atoms with Crippen molar-refractivity contribution in [2.24, 2.45) is 0 Å². The Balaban J connectivity index is 2.04. The van der Waals surface area contributed by atoms with Crippen LogP contribution in [0.1, 0.15) is 29.7 Å². The minimum Gasteiger partial charge on any atom is -0.306 e. The topological polar surface area (TPSA) is 12.0 Å². The van der Waals surface area contributed by atoms with Crippen molar-refractivity contribution in [3.8, 4) is 0 Å². The van der Waals surface area contributed by atoms with Gasteiger partial charge in [-0.1, -0.05) is 45.8 Å². The summed E-state index contributed by atoms with van der Waals surface area (Å²) >= 11 is 3.44. The van der Waals surface area contributed by atoms with E-state index in [1.807, 2.05) is 0 Å². The molecule has 1 atom stereocenters. The summed E-state index contributed by atoms with van der Waals surface area (Å²) < 4.78 is 14.1. The minimum absolute atomic E-state index is 0.205. The SMILES string of the molecule is Cc1cccc(C(C)NCc2cc(F)ccc2Br)c1. The Kier molecular flexibility index (Phi) is 4.72. The smallest absolute Gasteiger partial charge is 0.123 e.